The van der Waals surface area contributed by atoms with E-state index < -0.39 is 0 Å². The Balaban J connectivity index is 1.29. The Morgan fingerprint density at radius 3 is 2.43 bits per heavy atom. The van der Waals surface area contributed by atoms with Crippen molar-refractivity contribution in [2.75, 3.05) is 44.7 Å². The number of aromatic nitrogens is 2. The Kier molecular flexibility index (Phi) is 5.71. The van der Waals surface area contributed by atoms with Gasteiger partial charge in [0.25, 0.3) is 0 Å². The maximum Gasteiger partial charge on any atom is 0.234 e. The summed E-state index contributed by atoms with van der Waals surface area (Å²) in [5, 5.41) is 3.26. The molecule has 1 amide bonds. The number of benzene rings is 1. The fourth-order valence-electron chi connectivity index (χ4n) is 3.70. The molecule has 1 unspecified atom stereocenters. The van der Waals surface area contributed by atoms with Crippen molar-refractivity contribution in [3.05, 3.63) is 48.3 Å². The van der Waals surface area contributed by atoms with E-state index in [0.717, 1.165) is 43.4 Å². The summed E-state index contributed by atoms with van der Waals surface area (Å²) in [6.07, 6.45) is 5.87. The third-order valence-corrected chi connectivity index (χ3v) is 5.46. The zero-order valence-electron chi connectivity index (χ0n) is 16.3. The van der Waals surface area contributed by atoms with Crippen LogP contribution in [-0.2, 0) is 4.79 Å². The maximum atomic E-state index is 12.7. The molecule has 7 nitrogen and oxygen atoms in total. The average Bonchev–Trinajstić information content (AvgIpc) is 3.59. The number of carbonyl (C=O) groups excluding carboxylic acids is 1. The van der Waals surface area contributed by atoms with Crippen molar-refractivity contribution in [1.82, 2.24) is 20.2 Å². The number of rotatable bonds is 7. The van der Waals surface area contributed by atoms with Gasteiger partial charge in [-0.3, -0.25) is 9.69 Å². The van der Waals surface area contributed by atoms with E-state index in [4.69, 9.17) is 4.74 Å². The Morgan fingerprint density at radius 2 is 1.82 bits per heavy atom. The molecule has 1 aliphatic carbocycles. The van der Waals surface area contributed by atoms with Gasteiger partial charge in [-0.1, -0.05) is 12.1 Å². The second-order valence-corrected chi connectivity index (χ2v) is 7.47. The second-order valence-electron chi connectivity index (χ2n) is 7.47. The van der Waals surface area contributed by atoms with E-state index in [1.807, 2.05) is 18.2 Å². The zero-order valence-corrected chi connectivity index (χ0v) is 16.3. The van der Waals surface area contributed by atoms with Crippen LogP contribution in [0.15, 0.2) is 42.7 Å². The largest absolute Gasteiger partial charge is 0.497 e. The maximum absolute atomic E-state index is 12.7. The summed E-state index contributed by atoms with van der Waals surface area (Å²) in [7, 11) is 1.67. The van der Waals surface area contributed by atoms with Crippen LogP contribution in [0.1, 0.15) is 24.4 Å². The summed E-state index contributed by atoms with van der Waals surface area (Å²) in [5.74, 6) is 2.24. The van der Waals surface area contributed by atoms with Crippen molar-refractivity contribution in [2.24, 2.45) is 5.92 Å². The average molecular weight is 381 g/mol. The first kappa shape index (κ1) is 18.7. The summed E-state index contributed by atoms with van der Waals surface area (Å²) < 4.78 is 5.24. The van der Waals surface area contributed by atoms with Crippen molar-refractivity contribution in [3.63, 3.8) is 0 Å². The third kappa shape index (κ3) is 4.59. The van der Waals surface area contributed by atoms with Gasteiger partial charge in [-0.05, 0) is 42.5 Å². The highest BCUT2D eigenvalue weighted by molar-refractivity contribution is 5.78. The molecule has 28 heavy (non-hydrogen) atoms. The molecule has 1 atom stereocenters. The molecule has 0 radical (unpaired) electrons. The summed E-state index contributed by atoms with van der Waals surface area (Å²) >= 11 is 0. The molecule has 2 aliphatic rings. The van der Waals surface area contributed by atoms with Crippen molar-refractivity contribution in [1.29, 1.82) is 0 Å². The number of ether oxygens (including phenoxy) is 1. The van der Waals surface area contributed by atoms with E-state index in [1.54, 1.807) is 19.5 Å². The van der Waals surface area contributed by atoms with Crippen molar-refractivity contribution in [3.8, 4) is 5.75 Å². The number of piperazine rings is 1. The molecule has 0 spiro atoms. The normalized spacial score (nSPS) is 18.5. The van der Waals surface area contributed by atoms with Gasteiger partial charge in [0.2, 0.25) is 11.9 Å². The van der Waals surface area contributed by atoms with Crippen LogP contribution in [-0.4, -0.2) is 60.6 Å². The van der Waals surface area contributed by atoms with Gasteiger partial charge in [0.15, 0.2) is 0 Å². The molecule has 7 heteroatoms. The summed E-state index contributed by atoms with van der Waals surface area (Å²) in [6.45, 7) is 3.77. The minimum atomic E-state index is 0.0946. The van der Waals surface area contributed by atoms with Crippen LogP contribution in [0.25, 0.3) is 0 Å². The van der Waals surface area contributed by atoms with Crippen LogP contribution in [0, 0.1) is 5.92 Å². The van der Waals surface area contributed by atoms with E-state index in [0.29, 0.717) is 12.5 Å². The number of hydrogen-bond acceptors (Lipinski definition) is 6. The lowest BCUT2D eigenvalue weighted by Gasteiger charge is -2.34. The minimum absolute atomic E-state index is 0.0946. The SMILES string of the molecule is COc1ccc(C(NC(=O)CN2CCN(c3ncccn3)CC2)C2CC2)cc1. The van der Waals surface area contributed by atoms with E-state index >= 15 is 0 Å². The molecule has 0 bridgehead atoms. The number of nitrogens with zero attached hydrogens (tertiary/aromatic N) is 4. The summed E-state index contributed by atoms with van der Waals surface area (Å²) in [5.41, 5.74) is 1.16. The van der Waals surface area contributed by atoms with Gasteiger partial charge in [0, 0.05) is 38.6 Å². The lowest BCUT2D eigenvalue weighted by molar-refractivity contribution is -0.123. The molecular formula is C21H27N5O2. The molecule has 1 aromatic carbocycles. The highest BCUT2D eigenvalue weighted by Crippen LogP contribution is 2.41. The molecule has 2 fully saturated rings. The van der Waals surface area contributed by atoms with Crippen molar-refractivity contribution >= 4 is 11.9 Å². The fraction of sp³-hybridized carbons (Fsp3) is 0.476. The molecule has 2 aromatic rings. The highest BCUT2D eigenvalue weighted by Gasteiger charge is 2.33. The molecule has 4 rings (SSSR count). The van der Waals surface area contributed by atoms with E-state index in [2.05, 4.69) is 37.2 Å². The van der Waals surface area contributed by atoms with Gasteiger partial charge in [-0.25, -0.2) is 9.97 Å². The molecule has 2 heterocycles. The van der Waals surface area contributed by atoms with Crippen LogP contribution in [0.4, 0.5) is 5.95 Å². The van der Waals surface area contributed by atoms with E-state index in [9.17, 15) is 4.79 Å². The number of anilines is 1. The number of methoxy groups -OCH3 is 1. The smallest absolute Gasteiger partial charge is 0.234 e. The van der Waals surface area contributed by atoms with Crippen molar-refractivity contribution < 1.29 is 9.53 Å². The number of amides is 1. The Labute approximate surface area is 165 Å². The zero-order chi connectivity index (χ0) is 19.3. The van der Waals surface area contributed by atoms with Gasteiger partial charge < -0.3 is 15.0 Å². The van der Waals surface area contributed by atoms with Gasteiger partial charge in [-0.15, -0.1) is 0 Å². The van der Waals surface area contributed by atoms with Crippen LogP contribution in [0.5, 0.6) is 5.75 Å². The van der Waals surface area contributed by atoms with Crippen LogP contribution in [0.3, 0.4) is 0 Å². The summed E-state index contributed by atoms with van der Waals surface area (Å²) in [6, 6.07) is 9.95. The van der Waals surface area contributed by atoms with Crippen LogP contribution in [0.2, 0.25) is 0 Å². The number of nitrogens with one attached hydrogen (secondary N) is 1. The quantitative estimate of drug-likeness (QED) is 0.790. The Bertz CT molecular complexity index is 771. The lowest BCUT2D eigenvalue weighted by atomic mass is 10.0. The molecule has 1 N–H and O–H groups in total. The lowest BCUT2D eigenvalue weighted by Crippen LogP contribution is -2.50. The molecule has 1 aromatic heterocycles. The Hall–Kier alpha value is -2.67. The fourth-order valence-corrected chi connectivity index (χ4v) is 3.70. The topological polar surface area (TPSA) is 70.6 Å². The summed E-state index contributed by atoms with van der Waals surface area (Å²) in [4.78, 5) is 25.7. The van der Waals surface area contributed by atoms with Gasteiger partial charge >= 0.3 is 0 Å². The van der Waals surface area contributed by atoms with Crippen LogP contribution < -0.4 is 15.0 Å². The molecular weight excluding hydrogens is 354 g/mol. The van der Waals surface area contributed by atoms with Gasteiger partial charge in [0.05, 0.1) is 19.7 Å². The van der Waals surface area contributed by atoms with Crippen LogP contribution >= 0.6 is 0 Å². The molecule has 1 saturated heterocycles. The molecule has 1 aliphatic heterocycles. The van der Waals surface area contributed by atoms with Gasteiger partial charge in [0.1, 0.15) is 5.75 Å². The van der Waals surface area contributed by atoms with E-state index in [-0.39, 0.29) is 11.9 Å². The monoisotopic (exact) mass is 381 g/mol. The molecule has 148 valence electrons. The van der Waals surface area contributed by atoms with E-state index in [1.165, 1.54) is 12.8 Å². The van der Waals surface area contributed by atoms with Crippen molar-refractivity contribution in [2.45, 2.75) is 18.9 Å². The number of hydrogen-bond donors (Lipinski definition) is 1. The Morgan fingerprint density at radius 1 is 1.14 bits per heavy atom. The second kappa shape index (κ2) is 8.56. The highest BCUT2D eigenvalue weighted by atomic mass is 16.5. The first-order valence-corrected chi connectivity index (χ1v) is 9.90. The first-order valence-electron chi connectivity index (χ1n) is 9.90. The third-order valence-electron chi connectivity index (χ3n) is 5.46. The predicted octanol–water partition coefficient (Wildman–Crippen LogP) is 1.87. The van der Waals surface area contributed by atoms with Gasteiger partial charge in [-0.2, -0.15) is 0 Å². The standard InChI is InChI=1S/C21H27N5O2/c1-28-18-7-5-17(6-8-18)20(16-3-4-16)24-19(27)15-25-11-13-26(14-12-25)21-22-9-2-10-23-21/h2,5-10,16,20H,3-4,11-15H2,1H3,(H,24,27). The predicted molar refractivity (Wildman–Crippen MR) is 107 cm³/mol. The first-order chi connectivity index (χ1) is 13.7. The minimum Gasteiger partial charge on any atom is -0.497 e. The molecule has 1 saturated carbocycles. The number of carbonyl (C=O) groups is 1.